The van der Waals surface area contributed by atoms with Crippen LogP contribution < -0.4 is 11.3 Å². The lowest BCUT2D eigenvalue weighted by Gasteiger charge is -2.12. The molecule has 1 aromatic rings. The Bertz CT molecular complexity index is 383. The van der Waals surface area contributed by atoms with E-state index in [1.165, 1.54) is 31.4 Å². The number of nitrogens with one attached hydrogen (secondary N) is 1. The Hall–Kier alpha value is -1.16. The van der Waals surface area contributed by atoms with E-state index in [1.54, 1.807) is 0 Å². The van der Waals surface area contributed by atoms with Crippen molar-refractivity contribution in [2.24, 2.45) is 11.8 Å². The molecule has 1 aromatic heterocycles. The number of rotatable bonds is 5. The first-order valence-corrected chi connectivity index (χ1v) is 7.03. The van der Waals surface area contributed by atoms with Crippen LogP contribution in [0.2, 0.25) is 0 Å². The summed E-state index contributed by atoms with van der Waals surface area (Å²) in [5, 5.41) is 0. The smallest absolute Gasteiger partial charge is 0.143 e. The molecule has 0 aromatic carbocycles. The van der Waals surface area contributed by atoms with Crippen LogP contribution in [0.5, 0.6) is 0 Å². The van der Waals surface area contributed by atoms with E-state index in [0.29, 0.717) is 11.8 Å². The standard InChI is InChI=1S/C14H24N4/c1-10(2)7-8-13-16-12(9-14(17-13)18-15)11-5-3-4-6-11/h9-11H,3-8,15H2,1-2H3,(H,16,17,18). The largest absolute Gasteiger partial charge is 0.308 e. The van der Waals surface area contributed by atoms with E-state index in [9.17, 15) is 0 Å². The molecule has 1 saturated carbocycles. The molecular formula is C14H24N4. The number of hydrogen-bond acceptors (Lipinski definition) is 4. The Labute approximate surface area is 109 Å². The Morgan fingerprint density at radius 2 is 2.06 bits per heavy atom. The lowest BCUT2D eigenvalue weighted by Crippen LogP contribution is -2.13. The minimum atomic E-state index is 0.609. The van der Waals surface area contributed by atoms with Gasteiger partial charge in [-0.05, 0) is 25.2 Å². The van der Waals surface area contributed by atoms with Crippen LogP contribution in [-0.2, 0) is 6.42 Å². The molecule has 0 unspecified atom stereocenters. The van der Waals surface area contributed by atoms with Crippen molar-refractivity contribution in [2.75, 3.05) is 5.43 Å². The summed E-state index contributed by atoms with van der Waals surface area (Å²) in [5.74, 6) is 8.48. The van der Waals surface area contributed by atoms with Gasteiger partial charge in [0, 0.05) is 24.1 Å². The molecule has 0 atom stereocenters. The summed E-state index contributed by atoms with van der Waals surface area (Å²) in [6, 6.07) is 2.01. The van der Waals surface area contributed by atoms with Gasteiger partial charge in [-0.1, -0.05) is 26.7 Å². The van der Waals surface area contributed by atoms with Crippen molar-refractivity contribution in [1.82, 2.24) is 9.97 Å². The van der Waals surface area contributed by atoms with E-state index in [0.717, 1.165) is 24.5 Å². The zero-order chi connectivity index (χ0) is 13.0. The van der Waals surface area contributed by atoms with E-state index in [-0.39, 0.29) is 0 Å². The second-order valence-corrected chi connectivity index (χ2v) is 5.65. The van der Waals surface area contributed by atoms with Crippen molar-refractivity contribution < 1.29 is 0 Å². The highest BCUT2D eigenvalue weighted by molar-refractivity contribution is 5.35. The third-order valence-electron chi connectivity index (χ3n) is 3.66. The first kappa shape index (κ1) is 13.3. The highest BCUT2D eigenvalue weighted by Crippen LogP contribution is 2.33. The third kappa shape index (κ3) is 3.42. The van der Waals surface area contributed by atoms with Gasteiger partial charge in [-0.25, -0.2) is 15.8 Å². The van der Waals surface area contributed by atoms with Gasteiger partial charge in [0.25, 0.3) is 0 Å². The van der Waals surface area contributed by atoms with Crippen molar-refractivity contribution in [3.8, 4) is 0 Å². The van der Waals surface area contributed by atoms with Crippen LogP contribution >= 0.6 is 0 Å². The monoisotopic (exact) mass is 248 g/mol. The van der Waals surface area contributed by atoms with E-state index in [2.05, 4.69) is 24.3 Å². The molecule has 1 aliphatic rings. The summed E-state index contributed by atoms with van der Waals surface area (Å²) in [4.78, 5) is 9.18. The van der Waals surface area contributed by atoms with Gasteiger partial charge >= 0.3 is 0 Å². The Kier molecular flexibility index (Phi) is 4.53. The van der Waals surface area contributed by atoms with Crippen LogP contribution in [0.4, 0.5) is 5.82 Å². The molecule has 1 heterocycles. The van der Waals surface area contributed by atoms with Gasteiger partial charge in [0.1, 0.15) is 11.6 Å². The first-order chi connectivity index (χ1) is 8.69. The quantitative estimate of drug-likeness (QED) is 0.621. The molecule has 1 aliphatic carbocycles. The lowest BCUT2D eigenvalue weighted by molar-refractivity contribution is 0.570. The summed E-state index contributed by atoms with van der Waals surface area (Å²) in [5.41, 5.74) is 3.84. The van der Waals surface area contributed by atoms with Gasteiger partial charge in [0.2, 0.25) is 0 Å². The molecule has 0 aliphatic heterocycles. The molecule has 0 saturated heterocycles. The Balaban J connectivity index is 2.15. The number of anilines is 1. The van der Waals surface area contributed by atoms with E-state index in [4.69, 9.17) is 10.8 Å². The van der Waals surface area contributed by atoms with Crippen LogP contribution in [0.1, 0.15) is 63.4 Å². The number of aryl methyl sites for hydroxylation is 1. The van der Waals surface area contributed by atoms with Crippen LogP contribution in [0.3, 0.4) is 0 Å². The lowest BCUT2D eigenvalue weighted by atomic mass is 10.0. The molecule has 1 fully saturated rings. The number of hydrogen-bond donors (Lipinski definition) is 2. The second-order valence-electron chi connectivity index (χ2n) is 5.65. The van der Waals surface area contributed by atoms with E-state index >= 15 is 0 Å². The minimum Gasteiger partial charge on any atom is -0.308 e. The predicted octanol–water partition coefficient (Wildman–Crippen LogP) is 3.01. The van der Waals surface area contributed by atoms with Gasteiger partial charge in [0.15, 0.2) is 0 Å². The molecule has 2 rings (SSSR count). The molecule has 0 radical (unpaired) electrons. The maximum absolute atomic E-state index is 5.50. The van der Waals surface area contributed by atoms with Crippen molar-refractivity contribution in [3.63, 3.8) is 0 Å². The normalized spacial score (nSPS) is 16.4. The van der Waals surface area contributed by atoms with Crippen molar-refractivity contribution in [2.45, 2.75) is 58.3 Å². The fraction of sp³-hybridized carbons (Fsp3) is 0.714. The average Bonchev–Trinajstić information content (AvgIpc) is 2.89. The van der Waals surface area contributed by atoms with Gasteiger partial charge in [-0.3, -0.25) is 0 Å². The molecule has 4 nitrogen and oxygen atoms in total. The molecule has 100 valence electrons. The second kappa shape index (κ2) is 6.14. The zero-order valence-electron chi connectivity index (χ0n) is 11.4. The number of hydrazine groups is 1. The maximum atomic E-state index is 5.50. The van der Waals surface area contributed by atoms with Crippen molar-refractivity contribution in [1.29, 1.82) is 0 Å². The number of aromatic nitrogens is 2. The Morgan fingerprint density at radius 3 is 2.67 bits per heavy atom. The Morgan fingerprint density at radius 1 is 1.33 bits per heavy atom. The van der Waals surface area contributed by atoms with Crippen LogP contribution in [0.25, 0.3) is 0 Å². The van der Waals surface area contributed by atoms with Crippen LogP contribution in [0.15, 0.2) is 6.07 Å². The van der Waals surface area contributed by atoms with Gasteiger partial charge in [-0.2, -0.15) is 0 Å². The molecular weight excluding hydrogens is 224 g/mol. The summed E-state index contributed by atoms with van der Waals surface area (Å²) in [6.45, 7) is 4.45. The van der Waals surface area contributed by atoms with Crippen LogP contribution in [-0.4, -0.2) is 9.97 Å². The number of nitrogens with zero attached hydrogens (tertiary/aromatic N) is 2. The highest BCUT2D eigenvalue weighted by atomic mass is 15.3. The van der Waals surface area contributed by atoms with Crippen molar-refractivity contribution in [3.05, 3.63) is 17.6 Å². The summed E-state index contributed by atoms with van der Waals surface area (Å²) in [6.07, 6.45) is 7.21. The molecule has 4 heteroatoms. The average molecular weight is 248 g/mol. The van der Waals surface area contributed by atoms with Crippen LogP contribution in [0, 0.1) is 5.92 Å². The minimum absolute atomic E-state index is 0.609. The van der Waals surface area contributed by atoms with E-state index < -0.39 is 0 Å². The zero-order valence-corrected chi connectivity index (χ0v) is 11.4. The van der Waals surface area contributed by atoms with E-state index in [1.807, 2.05) is 6.07 Å². The predicted molar refractivity (Wildman–Crippen MR) is 74.2 cm³/mol. The molecule has 0 spiro atoms. The maximum Gasteiger partial charge on any atom is 0.143 e. The highest BCUT2D eigenvalue weighted by Gasteiger charge is 2.19. The third-order valence-corrected chi connectivity index (χ3v) is 3.66. The number of nitrogen functional groups attached to an aromatic ring is 1. The number of nitrogens with two attached hydrogens (primary N) is 1. The molecule has 0 amide bonds. The fourth-order valence-electron chi connectivity index (χ4n) is 2.55. The molecule has 0 bridgehead atoms. The first-order valence-electron chi connectivity index (χ1n) is 7.03. The summed E-state index contributed by atoms with van der Waals surface area (Å²) < 4.78 is 0. The van der Waals surface area contributed by atoms with Gasteiger partial charge < -0.3 is 5.43 Å². The summed E-state index contributed by atoms with van der Waals surface area (Å²) in [7, 11) is 0. The molecule has 18 heavy (non-hydrogen) atoms. The topological polar surface area (TPSA) is 63.8 Å². The SMILES string of the molecule is CC(C)CCc1nc(NN)cc(C2CCCC2)n1. The fourth-order valence-corrected chi connectivity index (χ4v) is 2.55. The van der Waals surface area contributed by atoms with Gasteiger partial charge in [0.05, 0.1) is 0 Å². The molecule has 3 N–H and O–H groups in total. The van der Waals surface area contributed by atoms with Gasteiger partial charge in [-0.15, -0.1) is 0 Å². The van der Waals surface area contributed by atoms with Crippen molar-refractivity contribution >= 4 is 5.82 Å². The summed E-state index contributed by atoms with van der Waals surface area (Å²) >= 11 is 0.